The number of azide groups is 1. The summed E-state index contributed by atoms with van der Waals surface area (Å²) in [6.07, 6.45) is 0.858. The van der Waals surface area contributed by atoms with Gasteiger partial charge in [0.1, 0.15) is 0 Å². The summed E-state index contributed by atoms with van der Waals surface area (Å²) in [4.78, 5) is 14.9. The molecular weight excluding hydrogens is 184 g/mol. The quantitative estimate of drug-likeness (QED) is 0.392. The molecule has 0 aromatic rings. The Labute approximate surface area is 81.1 Å². The van der Waals surface area contributed by atoms with E-state index in [0.29, 0.717) is 24.9 Å². The Balaban J connectivity index is 1.96. The molecule has 1 aliphatic heterocycles. The van der Waals surface area contributed by atoms with Crippen LogP contribution in [0.2, 0.25) is 0 Å². The van der Waals surface area contributed by atoms with Gasteiger partial charge in [0.15, 0.2) is 0 Å². The lowest BCUT2D eigenvalue weighted by Crippen LogP contribution is -2.28. The van der Waals surface area contributed by atoms with Gasteiger partial charge in [-0.15, -0.1) is 0 Å². The molecule has 0 spiro atoms. The van der Waals surface area contributed by atoms with Crippen LogP contribution in [0, 0.1) is 11.8 Å². The van der Waals surface area contributed by atoms with E-state index in [4.69, 9.17) is 10.6 Å². The third-order valence-corrected chi connectivity index (χ3v) is 3.21. The molecule has 0 aromatic heterocycles. The third-order valence-electron chi connectivity index (χ3n) is 3.21. The van der Waals surface area contributed by atoms with Gasteiger partial charge in [0.25, 0.3) is 0 Å². The SMILES string of the molecule is [N-]=[N+]=NC1CC2CN(C(=O)O)C[C@@H]2C1. The van der Waals surface area contributed by atoms with E-state index in [0.717, 1.165) is 12.8 Å². The first-order chi connectivity index (χ1) is 6.70. The minimum absolute atomic E-state index is 0.0888. The fourth-order valence-corrected chi connectivity index (χ4v) is 2.59. The summed E-state index contributed by atoms with van der Waals surface area (Å²) in [7, 11) is 0. The maximum absolute atomic E-state index is 10.7. The molecule has 2 rings (SSSR count). The number of carbonyl (C=O) groups is 1. The van der Waals surface area contributed by atoms with Crippen molar-refractivity contribution in [2.45, 2.75) is 18.9 Å². The molecule has 0 bridgehead atoms. The van der Waals surface area contributed by atoms with Crippen LogP contribution in [0.15, 0.2) is 5.11 Å². The molecule has 3 atom stereocenters. The van der Waals surface area contributed by atoms with Crippen LogP contribution in [0.5, 0.6) is 0 Å². The Bertz CT molecular complexity index is 272. The topological polar surface area (TPSA) is 89.3 Å². The summed E-state index contributed by atoms with van der Waals surface area (Å²) in [5.74, 6) is 0.809. The number of carboxylic acid groups (broad SMARTS) is 1. The average molecular weight is 196 g/mol. The first-order valence-corrected chi connectivity index (χ1v) is 4.72. The molecule has 1 aliphatic carbocycles. The zero-order valence-electron chi connectivity index (χ0n) is 7.70. The molecule has 0 radical (unpaired) electrons. The number of amides is 1. The fourth-order valence-electron chi connectivity index (χ4n) is 2.59. The molecule has 6 heteroatoms. The van der Waals surface area contributed by atoms with Gasteiger partial charge in [-0.2, -0.15) is 0 Å². The van der Waals surface area contributed by atoms with Crippen molar-refractivity contribution in [2.24, 2.45) is 17.0 Å². The van der Waals surface area contributed by atoms with Crippen molar-refractivity contribution >= 4 is 6.09 Å². The van der Waals surface area contributed by atoms with Gasteiger partial charge in [0.2, 0.25) is 0 Å². The fraction of sp³-hybridized carbons (Fsp3) is 0.875. The molecule has 76 valence electrons. The van der Waals surface area contributed by atoms with Gasteiger partial charge < -0.3 is 10.0 Å². The monoisotopic (exact) mass is 196 g/mol. The Kier molecular flexibility index (Phi) is 2.21. The molecule has 1 N–H and O–H groups in total. The first kappa shape index (κ1) is 9.15. The normalized spacial score (nSPS) is 35.1. The highest BCUT2D eigenvalue weighted by Gasteiger charge is 2.41. The van der Waals surface area contributed by atoms with Crippen LogP contribution in [0.4, 0.5) is 4.79 Å². The molecule has 1 heterocycles. The second-order valence-corrected chi connectivity index (χ2v) is 4.04. The number of likely N-dealkylation sites (tertiary alicyclic amines) is 1. The highest BCUT2D eigenvalue weighted by Crippen LogP contribution is 2.39. The van der Waals surface area contributed by atoms with Gasteiger partial charge in [-0.25, -0.2) is 4.79 Å². The number of hydrogen-bond donors (Lipinski definition) is 1. The van der Waals surface area contributed by atoms with Gasteiger partial charge in [-0.1, -0.05) is 5.11 Å². The third kappa shape index (κ3) is 1.48. The second kappa shape index (κ2) is 3.38. The van der Waals surface area contributed by atoms with Gasteiger partial charge in [0.05, 0.1) is 0 Å². The molecule has 1 amide bonds. The molecule has 2 unspecified atom stereocenters. The molecule has 6 nitrogen and oxygen atoms in total. The van der Waals surface area contributed by atoms with Crippen LogP contribution < -0.4 is 0 Å². The Morgan fingerprint density at radius 2 is 2.00 bits per heavy atom. The van der Waals surface area contributed by atoms with Crippen LogP contribution in [0.3, 0.4) is 0 Å². The summed E-state index contributed by atoms with van der Waals surface area (Å²) in [6.45, 7) is 1.22. The lowest BCUT2D eigenvalue weighted by Gasteiger charge is -2.13. The van der Waals surface area contributed by atoms with Crippen LogP contribution in [-0.2, 0) is 0 Å². The molecule has 14 heavy (non-hydrogen) atoms. The second-order valence-electron chi connectivity index (χ2n) is 4.04. The zero-order chi connectivity index (χ0) is 10.1. The van der Waals surface area contributed by atoms with E-state index in [-0.39, 0.29) is 6.04 Å². The van der Waals surface area contributed by atoms with Crippen molar-refractivity contribution in [3.05, 3.63) is 10.4 Å². The molecule has 2 aliphatic rings. The largest absolute Gasteiger partial charge is 0.465 e. The van der Waals surface area contributed by atoms with Crippen LogP contribution in [0.1, 0.15) is 12.8 Å². The summed E-state index contributed by atoms with van der Waals surface area (Å²) >= 11 is 0. The van der Waals surface area contributed by atoms with Gasteiger partial charge in [-0.05, 0) is 30.2 Å². The van der Waals surface area contributed by atoms with Crippen molar-refractivity contribution < 1.29 is 9.90 Å². The van der Waals surface area contributed by atoms with E-state index in [2.05, 4.69) is 10.0 Å². The number of nitrogens with zero attached hydrogens (tertiary/aromatic N) is 4. The van der Waals surface area contributed by atoms with Crippen molar-refractivity contribution in [3.63, 3.8) is 0 Å². The Morgan fingerprint density at radius 3 is 2.43 bits per heavy atom. The first-order valence-electron chi connectivity index (χ1n) is 4.72. The lowest BCUT2D eigenvalue weighted by atomic mass is 10.0. The van der Waals surface area contributed by atoms with Crippen LogP contribution >= 0.6 is 0 Å². The van der Waals surface area contributed by atoms with E-state index >= 15 is 0 Å². The van der Waals surface area contributed by atoms with Gasteiger partial charge in [-0.3, -0.25) is 0 Å². The van der Waals surface area contributed by atoms with Crippen molar-refractivity contribution in [1.29, 1.82) is 0 Å². The zero-order valence-corrected chi connectivity index (χ0v) is 7.70. The maximum Gasteiger partial charge on any atom is 0.407 e. The van der Waals surface area contributed by atoms with E-state index in [1.165, 1.54) is 4.90 Å². The minimum atomic E-state index is -0.834. The number of hydrogen-bond acceptors (Lipinski definition) is 2. The van der Waals surface area contributed by atoms with E-state index < -0.39 is 6.09 Å². The van der Waals surface area contributed by atoms with Gasteiger partial charge in [0, 0.05) is 24.0 Å². The van der Waals surface area contributed by atoms with Gasteiger partial charge >= 0.3 is 6.09 Å². The smallest absolute Gasteiger partial charge is 0.407 e. The molecule has 2 fully saturated rings. The van der Waals surface area contributed by atoms with Crippen molar-refractivity contribution in [3.8, 4) is 0 Å². The number of rotatable bonds is 1. The average Bonchev–Trinajstić information content (AvgIpc) is 2.61. The predicted molar refractivity (Wildman–Crippen MR) is 48.7 cm³/mol. The minimum Gasteiger partial charge on any atom is -0.465 e. The summed E-state index contributed by atoms with van der Waals surface area (Å²) in [6, 6.07) is 0.0888. The van der Waals surface area contributed by atoms with E-state index in [9.17, 15) is 4.79 Å². The molecule has 0 aromatic carbocycles. The highest BCUT2D eigenvalue weighted by molar-refractivity contribution is 5.65. The predicted octanol–water partition coefficient (Wildman–Crippen LogP) is 1.69. The Hall–Kier alpha value is -1.42. The summed E-state index contributed by atoms with van der Waals surface area (Å²) < 4.78 is 0. The number of fused-ring (bicyclic) bond motifs is 1. The highest BCUT2D eigenvalue weighted by atomic mass is 16.4. The summed E-state index contributed by atoms with van der Waals surface area (Å²) in [5.41, 5.74) is 8.28. The molecular formula is C8H12N4O2. The van der Waals surface area contributed by atoms with E-state index in [1.54, 1.807) is 0 Å². The Morgan fingerprint density at radius 1 is 1.43 bits per heavy atom. The van der Waals surface area contributed by atoms with Crippen LogP contribution in [0.25, 0.3) is 10.4 Å². The molecule has 1 saturated carbocycles. The van der Waals surface area contributed by atoms with Crippen LogP contribution in [-0.4, -0.2) is 35.2 Å². The van der Waals surface area contributed by atoms with E-state index in [1.807, 2.05) is 0 Å². The summed E-state index contributed by atoms with van der Waals surface area (Å²) in [5, 5.41) is 12.5. The standard InChI is InChI=1S/C8H12N4O2/c9-11-10-7-1-5-3-12(8(13)14)4-6(5)2-7/h5-7H,1-4H2,(H,13,14)/t5-,6?,7?/m0/s1. The van der Waals surface area contributed by atoms with Crippen molar-refractivity contribution in [2.75, 3.05) is 13.1 Å². The van der Waals surface area contributed by atoms with Crippen molar-refractivity contribution in [1.82, 2.24) is 4.90 Å². The lowest BCUT2D eigenvalue weighted by molar-refractivity contribution is 0.152. The molecule has 1 saturated heterocycles. The maximum atomic E-state index is 10.7.